The number of carbonyl (C=O) groups is 1. The van der Waals surface area contributed by atoms with Gasteiger partial charge in [-0.3, -0.25) is 9.89 Å². The standard InChI is InChI=1S/C13H10N4O/c18-13(10-7-15-16-8-10)17-12-11-4-2-1-3-9(11)5-6-14-12/h1-8H,(H,15,16)(H,14,17,18). The fourth-order valence-electron chi connectivity index (χ4n) is 1.77. The molecule has 0 unspecified atom stereocenters. The number of anilines is 1. The third-order valence-electron chi connectivity index (χ3n) is 2.67. The highest BCUT2D eigenvalue weighted by molar-refractivity contribution is 6.07. The number of pyridine rings is 1. The summed E-state index contributed by atoms with van der Waals surface area (Å²) in [6.07, 6.45) is 4.69. The van der Waals surface area contributed by atoms with Crippen molar-refractivity contribution in [1.82, 2.24) is 15.2 Å². The lowest BCUT2D eigenvalue weighted by molar-refractivity contribution is 0.102. The zero-order valence-electron chi connectivity index (χ0n) is 9.42. The zero-order chi connectivity index (χ0) is 12.4. The Morgan fingerprint density at radius 1 is 1.22 bits per heavy atom. The van der Waals surface area contributed by atoms with E-state index in [1.165, 1.54) is 6.20 Å². The van der Waals surface area contributed by atoms with Crippen LogP contribution in [0.25, 0.3) is 10.8 Å². The third kappa shape index (κ3) is 1.82. The number of hydrogen-bond donors (Lipinski definition) is 2. The Kier molecular flexibility index (Phi) is 2.49. The summed E-state index contributed by atoms with van der Waals surface area (Å²) in [5, 5.41) is 11.1. The van der Waals surface area contributed by atoms with Gasteiger partial charge in [-0.25, -0.2) is 4.98 Å². The lowest BCUT2D eigenvalue weighted by Gasteiger charge is -2.06. The minimum atomic E-state index is -0.229. The summed E-state index contributed by atoms with van der Waals surface area (Å²) in [6, 6.07) is 9.67. The summed E-state index contributed by atoms with van der Waals surface area (Å²) in [7, 11) is 0. The molecule has 0 saturated heterocycles. The highest BCUT2D eigenvalue weighted by Crippen LogP contribution is 2.20. The molecule has 3 rings (SSSR count). The van der Waals surface area contributed by atoms with E-state index < -0.39 is 0 Å². The van der Waals surface area contributed by atoms with Crippen molar-refractivity contribution in [2.24, 2.45) is 0 Å². The van der Waals surface area contributed by atoms with Gasteiger partial charge in [0, 0.05) is 17.8 Å². The molecule has 0 aliphatic heterocycles. The fourth-order valence-corrected chi connectivity index (χ4v) is 1.77. The molecule has 2 heterocycles. The summed E-state index contributed by atoms with van der Waals surface area (Å²) in [6.45, 7) is 0. The number of fused-ring (bicyclic) bond motifs is 1. The molecule has 0 bridgehead atoms. The number of carbonyl (C=O) groups excluding carboxylic acids is 1. The molecule has 0 saturated carbocycles. The molecule has 2 aromatic heterocycles. The SMILES string of the molecule is O=C(Nc1nccc2ccccc12)c1cn[nH]c1. The van der Waals surface area contributed by atoms with Gasteiger partial charge in [0.2, 0.25) is 0 Å². The highest BCUT2D eigenvalue weighted by Gasteiger charge is 2.09. The van der Waals surface area contributed by atoms with Crippen LogP contribution in [0.4, 0.5) is 5.82 Å². The van der Waals surface area contributed by atoms with Crippen molar-refractivity contribution < 1.29 is 4.79 Å². The molecule has 1 amide bonds. The Bertz CT molecular complexity index is 686. The lowest BCUT2D eigenvalue weighted by atomic mass is 10.1. The van der Waals surface area contributed by atoms with Crippen LogP contribution in [-0.4, -0.2) is 21.1 Å². The second kappa shape index (κ2) is 4.29. The van der Waals surface area contributed by atoms with Crippen molar-refractivity contribution in [2.45, 2.75) is 0 Å². The second-order valence-corrected chi connectivity index (χ2v) is 3.82. The molecule has 3 aromatic rings. The minimum Gasteiger partial charge on any atom is -0.306 e. The van der Waals surface area contributed by atoms with E-state index >= 15 is 0 Å². The van der Waals surface area contributed by atoms with Gasteiger partial charge in [0.1, 0.15) is 5.82 Å². The predicted octanol–water partition coefficient (Wildman–Crippen LogP) is 2.21. The number of H-pyrrole nitrogens is 1. The van der Waals surface area contributed by atoms with Gasteiger partial charge in [-0.15, -0.1) is 0 Å². The van der Waals surface area contributed by atoms with E-state index in [4.69, 9.17) is 0 Å². The van der Waals surface area contributed by atoms with Gasteiger partial charge in [0.25, 0.3) is 5.91 Å². The number of benzene rings is 1. The van der Waals surface area contributed by atoms with E-state index in [0.717, 1.165) is 10.8 Å². The maximum atomic E-state index is 11.9. The first-order valence-corrected chi connectivity index (χ1v) is 5.48. The number of hydrogen-bond acceptors (Lipinski definition) is 3. The Morgan fingerprint density at radius 3 is 2.94 bits per heavy atom. The molecule has 0 atom stereocenters. The topological polar surface area (TPSA) is 70.7 Å². The van der Waals surface area contributed by atoms with Crippen LogP contribution in [0.2, 0.25) is 0 Å². The van der Waals surface area contributed by atoms with Gasteiger partial charge in [-0.1, -0.05) is 24.3 Å². The van der Waals surface area contributed by atoms with Crippen molar-refractivity contribution in [3.8, 4) is 0 Å². The molecule has 0 aliphatic carbocycles. The molecule has 5 nitrogen and oxygen atoms in total. The fraction of sp³-hybridized carbons (Fsp3) is 0. The quantitative estimate of drug-likeness (QED) is 0.719. The average molecular weight is 238 g/mol. The average Bonchev–Trinajstić information content (AvgIpc) is 2.93. The van der Waals surface area contributed by atoms with Crippen LogP contribution in [0.1, 0.15) is 10.4 Å². The maximum Gasteiger partial charge on any atom is 0.260 e. The number of rotatable bonds is 2. The van der Waals surface area contributed by atoms with Gasteiger partial charge < -0.3 is 5.32 Å². The monoisotopic (exact) mass is 238 g/mol. The van der Waals surface area contributed by atoms with Crippen LogP contribution < -0.4 is 5.32 Å². The molecule has 0 radical (unpaired) electrons. The van der Waals surface area contributed by atoms with Crippen LogP contribution in [0.5, 0.6) is 0 Å². The predicted molar refractivity (Wildman–Crippen MR) is 68.3 cm³/mol. The first-order valence-electron chi connectivity index (χ1n) is 5.48. The number of nitrogens with one attached hydrogen (secondary N) is 2. The smallest absolute Gasteiger partial charge is 0.260 e. The van der Waals surface area contributed by atoms with E-state index in [9.17, 15) is 4.79 Å². The third-order valence-corrected chi connectivity index (χ3v) is 2.67. The molecule has 2 N–H and O–H groups in total. The molecule has 18 heavy (non-hydrogen) atoms. The van der Waals surface area contributed by atoms with Crippen LogP contribution in [0.15, 0.2) is 48.9 Å². The molecule has 5 heteroatoms. The van der Waals surface area contributed by atoms with E-state index in [1.54, 1.807) is 12.4 Å². The van der Waals surface area contributed by atoms with E-state index in [0.29, 0.717) is 11.4 Å². The van der Waals surface area contributed by atoms with Crippen molar-refractivity contribution in [3.05, 3.63) is 54.5 Å². The Balaban J connectivity index is 1.98. The summed E-state index contributed by atoms with van der Waals surface area (Å²) >= 11 is 0. The Labute approximate surface area is 103 Å². The molecule has 88 valence electrons. The van der Waals surface area contributed by atoms with Gasteiger partial charge >= 0.3 is 0 Å². The first-order chi connectivity index (χ1) is 8.84. The second-order valence-electron chi connectivity index (χ2n) is 3.82. The molecular formula is C13H10N4O. The Morgan fingerprint density at radius 2 is 2.11 bits per heavy atom. The maximum absolute atomic E-state index is 11.9. The normalized spacial score (nSPS) is 10.4. The molecule has 0 spiro atoms. The largest absolute Gasteiger partial charge is 0.306 e. The molecule has 0 aliphatic rings. The van der Waals surface area contributed by atoms with Crippen molar-refractivity contribution >= 4 is 22.5 Å². The zero-order valence-corrected chi connectivity index (χ0v) is 9.42. The summed E-state index contributed by atoms with van der Waals surface area (Å²) in [5.74, 6) is 0.326. The van der Waals surface area contributed by atoms with Crippen molar-refractivity contribution in [1.29, 1.82) is 0 Å². The van der Waals surface area contributed by atoms with Crippen LogP contribution in [-0.2, 0) is 0 Å². The number of aromatic amines is 1. The lowest BCUT2D eigenvalue weighted by Crippen LogP contribution is -2.12. The van der Waals surface area contributed by atoms with E-state index in [1.807, 2.05) is 30.3 Å². The first kappa shape index (κ1) is 10.5. The van der Waals surface area contributed by atoms with Crippen LogP contribution >= 0.6 is 0 Å². The summed E-state index contributed by atoms with van der Waals surface area (Å²) < 4.78 is 0. The van der Waals surface area contributed by atoms with Crippen LogP contribution in [0, 0.1) is 0 Å². The number of nitrogens with zero attached hydrogens (tertiary/aromatic N) is 2. The van der Waals surface area contributed by atoms with Gasteiger partial charge in [0.15, 0.2) is 0 Å². The summed E-state index contributed by atoms with van der Waals surface area (Å²) in [5.41, 5.74) is 0.477. The van der Waals surface area contributed by atoms with E-state index in [2.05, 4.69) is 20.5 Å². The van der Waals surface area contributed by atoms with E-state index in [-0.39, 0.29) is 5.91 Å². The summed E-state index contributed by atoms with van der Waals surface area (Å²) in [4.78, 5) is 16.1. The van der Waals surface area contributed by atoms with Crippen molar-refractivity contribution in [2.75, 3.05) is 5.32 Å². The molecule has 0 fully saturated rings. The van der Waals surface area contributed by atoms with Gasteiger partial charge in [0.05, 0.1) is 11.8 Å². The molecule has 1 aromatic carbocycles. The highest BCUT2D eigenvalue weighted by atomic mass is 16.1. The van der Waals surface area contributed by atoms with Gasteiger partial charge in [-0.2, -0.15) is 5.10 Å². The molecular weight excluding hydrogens is 228 g/mol. The minimum absolute atomic E-state index is 0.229. The number of amides is 1. The van der Waals surface area contributed by atoms with Crippen LogP contribution in [0.3, 0.4) is 0 Å². The Hall–Kier alpha value is -2.69. The van der Waals surface area contributed by atoms with Gasteiger partial charge in [-0.05, 0) is 11.5 Å². The number of aromatic nitrogens is 3. The van der Waals surface area contributed by atoms with Crippen molar-refractivity contribution in [3.63, 3.8) is 0 Å².